The van der Waals surface area contributed by atoms with Crippen molar-refractivity contribution in [3.63, 3.8) is 0 Å². The molecule has 126 valence electrons. The Labute approximate surface area is 145 Å². The highest BCUT2D eigenvalue weighted by molar-refractivity contribution is 6.07. The summed E-state index contributed by atoms with van der Waals surface area (Å²) < 4.78 is 15.2. The van der Waals surface area contributed by atoms with Gasteiger partial charge >= 0.3 is 0 Å². The smallest absolute Gasteiger partial charge is 0.262 e. The van der Waals surface area contributed by atoms with Crippen molar-refractivity contribution in [2.75, 3.05) is 5.32 Å². The lowest BCUT2D eigenvalue weighted by Crippen LogP contribution is -2.15. The molecule has 1 heterocycles. The summed E-state index contributed by atoms with van der Waals surface area (Å²) in [6.45, 7) is 5.35. The number of nitrogens with zero attached hydrogens (tertiary/aromatic N) is 2. The highest BCUT2D eigenvalue weighted by Gasteiger charge is 2.21. The first-order valence-electron chi connectivity index (χ1n) is 7.83. The van der Waals surface area contributed by atoms with E-state index in [-0.39, 0.29) is 5.56 Å². The van der Waals surface area contributed by atoms with Crippen LogP contribution < -0.4 is 5.32 Å². The summed E-state index contributed by atoms with van der Waals surface area (Å²) in [6.07, 6.45) is 1.77. The molecule has 0 spiro atoms. The van der Waals surface area contributed by atoms with Crippen LogP contribution in [0.4, 0.5) is 10.1 Å². The minimum atomic E-state index is -0.650. The van der Waals surface area contributed by atoms with Crippen LogP contribution in [0.1, 0.15) is 21.6 Å². The average Bonchev–Trinajstić information content (AvgIpc) is 2.87. The quantitative estimate of drug-likeness (QED) is 0.767. The highest BCUT2D eigenvalue weighted by atomic mass is 19.1. The summed E-state index contributed by atoms with van der Waals surface area (Å²) in [5.41, 5.74) is 3.74. The van der Waals surface area contributed by atoms with E-state index in [0.29, 0.717) is 11.4 Å². The Morgan fingerprint density at radius 3 is 2.48 bits per heavy atom. The Bertz CT molecular complexity index is 942. The topological polar surface area (TPSA) is 46.9 Å². The van der Waals surface area contributed by atoms with E-state index in [1.54, 1.807) is 19.1 Å². The van der Waals surface area contributed by atoms with Gasteiger partial charge in [0.15, 0.2) is 0 Å². The summed E-state index contributed by atoms with van der Waals surface area (Å²) in [5.74, 6) is -1.17. The monoisotopic (exact) mass is 335 g/mol. The van der Waals surface area contributed by atoms with Crippen LogP contribution in [0.15, 0.2) is 55.1 Å². The Morgan fingerprint density at radius 1 is 1.20 bits per heavy atom. The summed E-state index contributed by atoms with van der Waals surface area (Å²) in [5, 5.41) is 6.74. The molecule has 4 nitrogen and oxygen atoms in total. The van der Waals surface area contributed by atoms with Crippen molar-refractivity contribution in [2.24, 2.45) is 7.05 Å². The molecule has 0 aliphatic rings. The third-order valence-corrected chi connectivity index (χ3v) is 4.01. The largest absolute Gasteiger partial charge is 0.321 e. The zero-order chi connectivity index (χ0) is 18.0. The third kappa shape index (κ3) is 3.21. The molecule has 3 aromatic rings. The lowest BCUT2D eigenvalue weighted by molar-refractivity contribution is 0.102. The van der Waals surface area contributed by atoms with E-state index in [9.17, 15) is 9.18 Å². The van der Waals surface area contributed by atoms with Gasteiger partial charge in [-0.3, -0.25) is 4.79 Å². The molecule has 0 unspecified atom stereocenters. The molecule has 3 rings (SSSR count). The fourth-order valence-corrected chi connectivity index (χ4v) is 2.72. The molecule has 1 N–H and O–H groups in total. The summed E-state index contributed by atoms with van der Waals surface area (Å²) in [7, 11) is 1.47. The van der Waals surface area contributed by atoms with Gasteiger partial charge in [0.05, 0.1) is 5.69 Å². The molecule has 5 heteroatoms. The number of para-hydroxylation sites is 1. The van der Waals surface area contributed by atoms with Crippen LogP contribution in [0.3, 0.4) is 0 Å². The number of carbonyl (C=O) groups is 1. The second-order valence-electron chi connectivity index (χ2n) is 5.70. The maximum absolute atomic E-state index is 14.1. The number of hydrogen-bond acceptors (Lipinski definition) is 2. The maximum atomic E-state index is 14.1. The van der Waals surface area contributed by atoms with Crippen molar-refractivity contribution in [2.45, 2.75) is 6.92 Å². The van der Waals surface area contributed by atoms with Gasteiger partial charge in [0.2, 0.25) is 5.95 Å². The van der Waals surface area contributed by atoms with Crippen LogP contribution in [0.25, 0.3) is 17.2 Å². The number of aromatic nitrogens is 2. The van der Waals surface area contributed by atoms with Crippen molar-refractivity contribution in [3.05, 3.63) is 77.9 Å². The first kappa shape index (κ1) is 16.6. The van der Waals surface area contributed by atoms with Crippen molar-refractivity contribution < 1.29 is 9.18 Å². The molecule has 1 aromatic heterocycles. The van der Waals surface area contributed by atoms with Crippen LogP contribution in [0.5, 0.6) is 0 Å². The van der Waals surface area contributed by atoms with Crippen molar-refractivity contribution in [1.29, 1.82) is 0 Å². The predicted molar refractivity (Wildman–Crippen MR) is 97.8 cm³/mol. The van der Waals surface area contributed by atoms with E-state index in [0.717, 1.165) is 21.4 Å². The van der Waals surface area contributed by atoms with E-state index in [4.69, 9.17) is 0 Å². The molecule has 0 saturated carbocycles. The molecule has 0 aliphatic heterocycles. The van der Waals surface area contributed by atoms with Crippen LogP contribution >= 0.6 is 0 Å². The fraction of sp³-hybridized carbons (Fsp3) is 0.100. The van der Waals surface area contributed by atoms with Crippen molar-refractivity contribution in [3.8, 4) is 11.1 Å². The van der Waals surface area contributed by atoms with Crippen LogP contribution in [0.2, 0.25) is 0 Å². The first-order chi connectivity index (χ1) is 12.0. The number of hydrogen-bond donors (Lipinski definition) is 1. The van der Waals surface area contributed by atoms with Gasteiger partial charge in [-0.15, -0.1) is 0 Å². The summed E-state index contributed by atoms with van der Waals surface area (Å²) in [6, 6.07) is 15.2. The number of nitrogens with one attached hydrogen (secondary N) is 1. The third-order valence-electron chi connectivity index (χ3n) is 4.01. The van der Waals surface area contributed by atoms with Gasteiger partial charge in [0.1, 0.15) is 5.56 Å². The second kappa shape index (κ2) is 6.73. The summed E-state index contributed by atoms with van der Waals surface area (Å²) in [4.78, 5) is 12.5. The molecule has 0 fully saturated rings. The van der Waals surface area contributed by atoms with Gasteiger partial charge in [-0.05, 0) is 24.1 Å². The zero-order valence-electron chi connectivity index (χ0n) is 14.1. The molecule has 0 radical (unpaired) electrons. The van der Waals surface area contributed by atoms with Gasteiger partial charge in [-0.1, -0.05) is 55.1 Å². The lowest BCUT2D eigenvalue weighted by atomic mass is 10.0. The molecule has 25 heavy (non-hydrogen) atoms. The average molecular weight is 335 g/mol. The van der Waals surface area contributed by atoms with Crippen molar-refractivity contribution in [1.82, 2.24) is 9.78 Å². The van der Waals surface area contributed by atoms with Gasteiger partial charge in [0, 0.05) is 18.3 Å². The van der Waals surface area contributed by atoms with E-state index in [1.165, 1.54) is 7.05 Å². The molecular formula is C20H18FN3O. The van der Waals surface area contributed by atoms with E-state index >= 15 is 0 Å². The molecule has 2 aromatic carbocycles. The van der Waals surface area contributed by atoms with E-state index in [2.05, 4.69) is 17.0 Å². The molecule has 0 bridgehead atoms. The number of benzene rings is 2. The highest BCUT2D eigenvalue weighted by Crippen LogP contribution is 2.29. The minimum Gasteiger partial charge on any atom is -0.321 e. The number of rotatable bonds is 4. The van der Waals surface area contributed by atoms with Gasteiger partial charge in [-0.2, -0.15) is 9.49 Å². The van der Waals surface area contributed by atoms with Gasteiger partial charge < -0.3 is 5.32 Å². The lowest BCUT2D eigenvalue weighted by Gasteiger charge is -2.11. The first-order valence-corrected chi connectivity index (χ1v) is 7.83. The Kier molecular flexibility index (Phi) is 4.48. The molecule has 0 atom stereocenters. The Balaban J connectivity index is 1.95. The molecule has 1 amide bonds. The van der Waals surface area contributed by atoms with Gasteiger partial charge in [-0.25, -0.2) is 4.68 Å². The van der Waals surface area contributed by atoms with Crippen LogP contribution in [0, 0.1) is 12.9 Å². The van der Waals surface area contributed by atoms with E-state index < -0.39 is 11.9 Å². The number of halogens is 1. The molecule has 0 aliphatic carbocycles. The van der Waals surface area contributed by atoms with Gasteiger partial charge in [0.25, 0.3) is 5.91 Å². The predicted octanol–water partition coefficient (Wildman–Crippen LogP) is 4.43. The second-order valence-corrected chi connectivity index (χ2v) is 5.70. The number of anilines is 1. The Hall–Kier alpha value is -3.21. The van der Waals surface area contributed by atoms with Crippen LogP contribution in [-0.4, -0.2) is 15.7 Å². The van der Waals surface area contributed by atoms with E-state index in [1.807, 2.05) is 42.5 Å². The van der Waals surface area contributed by atoms with Crippen molar-refractivity contribution >= 4 is 17.7 Å². The zero-order valence-corrected chi connectivity index (χ0v) is 14.1. The standard InChI is InChI=1S/C20H18FN3O/c1-4-14-9-11-15(12-10-14)16-7-5-6-8-17(16)22-20(25)18-13(2)23-24(3)19(18)21/h4-12H,1H2,2-3H3,(H,22,25). The molecule has 0 saturated heterocycles. The number of carbonyl (C=O) groups excluding carboxylic acids is 1. The number of aryl methyl sites for hydroxylation is 2. The maximum Gasteiger partial charge on any atom is 0.262 e. The number of amides is 1. The van der Waals surface area contributed by atoms with Crippen LogP contribution in [-0.2, 0) is 7.05 Å². The SMILES string of the molecule is C=Cc1ccc(-c2ccccc2NC(=O)c2c(C)nn(C)c2F)cc1. The Morgan fingerprint density at radius 2 is 1.88 bits per heavy atom. The normalized spacial score (nSPS) is 10.5. The molecular weight excluding hydrogens is 317 g/mol. The minimum absolute atomic E-state index is 0.0423. The fourth-order valence-electron chi connectivity index (χ4n) is 2.72. The summed E-state index contributed by atoms with van der Waals surface area (Å²) >= 11 is 0.